The lowest BCUT2D eigenvalue weighted by Gasteiger charge is -2.44. The van der Waals surface area contributed by atoms with E-state index in [0.29, 0.717) is 0 Å². The van der Waals surface area contributed by atoms with Gasteiger partial charge < -0.3 is 10.2 Å². The van der Waals surface area contributed by atoms with Gasteiger partial charge in [0.05, 0.1) is 6.04 Å². The summed E-state index contributed by atoms with van der Waals surface area (Å²) in [6.45, 7) is 7.13. The van der Waals surface area contributed by atoms with Crippen LogP contribution < -0.4 is 5.32 Å². The molecule has 1 N–H and O–H groups in total. The zero-order chi connectivity index (χ0) is 14.2. The van der Waals surface area contributed by atoms with E-state index in [0.717, 1.165) is 5.56 Å². The maximum atomic E-state index is 12.5. The fourth-order valence-electron chi connectivity index (χ4n) is 2.40. The van der Waals surface area contributed by atoms with E-state index in [2.05, 4.69) is 10.3 Å². The lowest BCUT2D eigenvalue weighted by Crippen LogP contribution is -2.67. The van der Waals surface area contributed by atoms with Gasteiger partial charge in [-0.25, -0.2) is 0 Å². The maximum Gasteiger partial charge on any atom is 0.248 e. The normalized spacial score (nSPS) is 24.0. The molecular weight excluding hydrogens is 242 g/mol. The van der Waals surface area contributed by atoms with Crippen molar-refractivity contribution in [3.63, 3.8) is 0 Å². The van der Waals surface area contributed by atoms with Crippen molar-refractivity contribution in [2.24, 2.45) is 0 Å². The molecule has 1 aromatic rings. The van der Waals surface area contributed by atoms with Crippen molar-refractivity contribution in [3.05, 3.63) is 30.1 Å². The van der Waals surface area contributed by atoms with Crippen LogP contribution in [0.5, 0.6) is 0 Å². The van der Waals surface area contributed by atoms with E-state index < -0.39 is 11.6 Å². The van der Waals surface area contributed by atoms with Crippen LogP contribution in [0.2, 0.25) is 0 Å². The first-order valence-corrected chi connectivity index (χ1v) is 6.39. The predicted octanol–water partition coefficient (Wildman–Crippen LogP) is 1.27. The highest BCUT2D eigenvalue weighted by molar-refractivity contribution is 5.99. The smallest absolute Gasteiger partial charge is 0.248 e. The van der Waals surface area contributed by atoms with Gasteiger partial charge in [0.2, 0.25) is 11.8 Å². The molecule has 2 rings (SSSR count). The van der Waals surface area contributed by atoms with Crippen molar-refractivity contribution in [1.29, 1.82) is 0 Å². The van der Waals surface area contributed by atoms with Gasteiger partial charge in [-0.2, -0.15) is 0 Å². The number of amides is 2. The Balaban J connectivity index is 2.36. The summed E-state index contributed by atoms with van der Waals surface area (Å²) in [6.07, 6.45) is 3.38. The molecule has 2 atom stereocenters. The van der Waals surface area contributed by atoms with Gasteiger partial charge in [0, 0.05) is 12.4 Å². The summed E-state index contributed by atoms with van der Waals surface area (Å²) in [4.78, 5) is 30.1. The SMILES string of the molecule is CC1C(=O)NC(C)(C)C(=O)N1C(C)c1ccncc1. The van der Waals surface area contributed by atoms with Crippen molar-refractivity contribution in [3.8, 4) is 0 Å². The Hall–Kier alpha value is -1.91. The summed E-state index contributed by atoms with van der Waals surface area (Å²) in [5.74, 6) is -0.186. The van der Waals surface area contributed by atoms with Crippen LogP contribution in [0.3, 0.4) is 0 Å². The number of piperazine rings is 1. The molecule has 0 spiro atoms. The summed E-state index contributed by atoms with van der Waals surface area (Å²) in [5.41, 5.74) is 0.117. The second-order valence-corrected chi connectivity index (χ2v) is 5.46. The van der Waals surface area contributed by atoms with Crippen LogP contribution in [0.4, 0.5) is 0 Å². The van der Waals surface area contributed by atoms with Crippen LogP contribution in [0.25, 0.3) is 0 Å². The lowest BCUT2D eigenvalue weighted by molar-refractivity contribution is -0.155. The third-order valence-electron chi connectivity index (χ3n) is 3.61. The van der Waals surface area contributed by atoms with Crippen molar-refractivity contribution < 1.29 is 9.59 Å². The highest BCUT2D eigenvalue weighted by Crippen LogP contribution is 2.28. The monoisotopic (exact) mass is 261 g/mol. The number of pyridine rings is 1. The van der Waals surface area contributed by atoms with Crippen molar-refractivity contribution in [2.75, 3.05) is 0 Å². The molecule has 1 aliphatic rings. The Morgan fingerprint density at radius 1 is 1.32 bits per heavy atom. The molecule has 5 nitrogen and oxygen atoms in total. The molecule has 5 heteroatoms. The molecule has 0 saturated carbocycles. The number of rotatable bonds is 2. The highest BCUT2D eigenvalue weighted by Gasteiger charge is 2.45. The number of hydrogen-bond donors (Lipinski definition) is 1. The van der Waals surface area contributed by atoms with E-state index in [1.807, 2.05) is 19.1 Å². The first-order valence-electron chi connectivity index (χ1n) is 6.39. The predicted molar refractivity (Wildman–Crippen MR) is 71.2 cm³/mol. The summed E-state index contributed by atoms with van der Waals surface area (Å²) in [5, 5.41) is 2.75. The average molecular weight is 261 g/mol. The molecule has 0 aromatic carbocycles. The van der Waals surface area contributed by atoms with Gasteiger partial charge in [-0.05, 0) is 45.4 Å². The molecule has 2 amide bonds. The van der Waals surface area contributed by atoms with Crippen LogP contribution in [0.15, 0.2) is 24.5 Å². The van der Waals surface area contributed by atoms with Crippen LogP contribution in [-0.2, 0) is 9.59 Å². The van der Waals surface area contributed by atoms with Crippen molar-refractivity contribution in [2.45, 2.75) is 45.3 Å². The van der Waals surface area contributed by atoms with Crippen LogP contribution >= 0.6 is 0 Å². The van der Waals surface area contributed by atoms with Crippen molar-refractivity contribution >= 4 is 11.8 Å². The third-order valence-corrected chi connectivity index (χ3v) is 3.61. The standard InChI is InChI=1S/C14H19N3O2/c1-9(11-5-7-15-8-6-11)17-10(2)12(18)16-14(3,4)13(17)19/h5-10H,1-4H3,(H,16,18). The molecule has 1 aliphatic heterocycles. The highest BCUT2D eigenvalue weighted by atomic mass is 16.2. The molecule has 1 aromatic heterocycles. The number of hydrogen-bond acceptors (Lipinski definition) is 3. The molecule has 0 aliphatic carbocycles. The van der Waals surface area contributed by atoms with E-state index in [9.17, 15) is 9.59 Å². The van der Waals surface area contributed by atoms with Gasteiger partial charge in [0.15, 0.2) is 0 Å². The Bertz CT molecular complexity index is 499. The largest absolute Gasteiger partial charge is 0.340 e. The van der Waals surface area contributed by atoms with Gasteiger partial charge in [0.1, 0.15) is 11.6 Å². The second kappa shape index (κ2) is 4.64. The second-order valence-electron chi connectivity index (χ2n) is 5.46. The summed E-state index contributed by atoms with van der Waals surface area (Å²) in [6, 6.07) is 3.11. The Morgan fingerprint density at radius 3 is 2.47 bits per heavy atom. The first kappa shape index (κ1) is 13.5. The maximum absolute atomic E-state index is 12.5. The van der Waals surface area contributed by atoms with E-state index in [1.54, 1.807) is 38.1 Å². The minimum Gasteiger partial charge on any atom is -0.340 e. The van der Waals surface area contributed by atoms with E-state index in [1.165, 1.54) is 0 Å². The Labute approximate surface area is 113 Å². The molecule has 1 saturated heterocycles. The van der Waals surface area contributed by atoms with Gasteiger partial charge in [-0.3, -0.25) is 14.6 Å². The fourth-order valence-corrected chi connectivity index (χ4v) is 2.40. The summed E-state index contributed by atoms with van der Waals surface area (Å²) in [7, 11) is 0. The molecule has 0 bridgehead atoms. The van der Waals surface area contributed by atoms with Gasteiger partial charge in [0.25, 0.3) is 0 Å². The molecule has 1 fully saturated rings. The number of aromatic nitrogens is 1. The van der Waals surface area contributed by atoms with E-state index in [4.69, 9.17) is 0 Å². The fraction of sp³-hybridized carbons (Fsp3) is 0.500. The summed E-state index contributed by atoms with van der Waals surface area (Å²) < 4.78 is 0. The van der Waals surface area contributed by atoms with Crippen LogP contribution in [0.1, 0.15) is 39.3 Å². The van der Waals surface area contributed by atoms with E-state index >= 15 is 0 Å². The number of carbonyl (C=O) groups excluding carboxylic acids is 2. The molecule has 0 radical (unpaired) electrons. The zero-order valence-electron chi connectivity index (χ0n) is 11.7. The summed E-state index contributed by atoms with van der Waals surface area (Å²) >= 11 is 0. The van der Waals surface area contributed by atoms with Gasteiger partial charge in [-0.15, -0.1) is 0 Å². The number of nitrogens with one attached hydrogen (secondary N) is 1. The Morgan fingerprint density at radius 2 is 1.89 bits per heavy atom. The lowest BCUT2D eigenvalue weighted by atomic mass is 9.94. The topological polar surface area (TPSA) is 62.3 Å². The van der Waals surface area contributed by atoms with Gasteiger partial charge >= 0.3 is 0 Å². The molecule has 19 heavy (non-hydrogen) atoms. The first-order chi connectivity index (χ1) is 8.84. The molecular formula is C14H19N3O2. The van der Waals surface area contributed by atoms with E-state index in [-0.39, 0.29) is 17.9 Å². The average Bonchev–Trinajstić information content (AvgIpc) is 2.37. The van der Waals surface area contributed by atoms with Crippen molar-refractivity contribution in [1.82, 2.24) is 15.2 Å². The zero-order valence-corrected chi connectivity index (χ0v) is 11.7. The molecule has 102 valence electrons. The van der Waals surface area contributed by atoms with Gasteiger partial charge in [-0.1, -0.05) is 0 Å². The van der Waals surface area contributed by atoms with Crippen LogP contribution in [-0.4, -0.2) is 33.3 Å². The minimum atomic E-state index is -0.856. The molecule has 2 unspecified atom stereocenters. The minimum absolute atomic E-state index is 0.0658. The number of carbonyl (C=O) groups is 2. The number of nitrogens with zero attached hydrogens (tertiary/aromatic N) is 2. The molecule has 2 heterocycles. The Kier molecular flexibility index (Phi) is 3.30. The van der Waals surface area contributed by atoms with Crippen LogP contribution in [0, 0.1) is 0 Å². The quantitative estimate of drug-likeness (QED) is 0.872. The third kappa shape index (κ3) is 2.32.